The highest BCUT2D eigenvalue weighted by molar-refractivity contribution is 7.27. The van der Waals surface area contributed by atoms with Gasteiger partial charge >= 0.3 is 0 Å². The predicted octanol–water partition coefficient (Wildman–Crippen LogP) is 3.51. The minimum atomic E-state index is 0.214. The van der Waals surface area contributed by atoms with Gasteiger partial charge in [-0.1, -0.05) is 0 Å². The van der Waals surface area contributed by atoms with Crippen molar-refractivity contribution in [2.45, 2.75) is 12.8 Å². The molecule has 0 aliphatic rings. The number of rotatable bonds is 4. The summed E-state index contributed by atoms with van der Waals surface area (Å²) in [7, 11) is 1.95. The molecule has 0 unspecified atom stereocenters. The van der Waals surface area contributed by atoms with E-state index in [1.165, 1.54) is 9.40 Å². The lowest BCUT2D eigenvalue weighted by molar-refractivity contribution is 0.0986. The largest absolute Gasteiger partial charge is 0.338 e. The molecule has 0 aliphatic carbocycles. The average Bonchev–Trinajstić information content (AvgIpc) is 3.00. The minimum Gasteiger partial charge on any atom is -0.338 e. The van der Waals surface area contributed by atoms with Crippen LogP contribution in [0.3, 0.4) is 0 Å². The normalized spacial score (nSPS) is 11.2. The highest BCUT2D eigenvalue weighted by Crippen LogP contribution is 2.30. The molecule has 0 aliphatic heterocycles. The summed E-state index contributed by atoms with van der Waals surface area (Å²) >= 11 is 3.27. The molecule has 0 fully saturated rings. The Balaban J connectivity index is 1.72. The number of aromatic nitrogens is 2. The monoisotopic (exact) mass is 276 g/mol. The minimum absolute atomic E-state index is 0.214. The molecule has 0 amide bonds. The van der Waals surface area contributed by atoms with Gasteiger partial charge in [-0.25, -0.2) is 4.98 Å². The van der Waals surface area contributed by atoms with Crippen molar-refractivity contribution in [3.63, 3.8) is 0 Å². The van der Waals surface area contributed by atoms with Crippen molar-refractivity contribution in [1.82, 2.24) is 9.55 Å². The lowest BCUT2D eigenvalue weighted by Gasteiger charge is -2.00. The van der Waals surface area contributed by atoms with Crippen molar-refractivity contribution in [3.05, 3.63) is 40.6 Å². The van der Waals surface area contributed by atoms with Crippen molar-refractivity contribution < 1.29 is 4.79 Å². The lowest BCUT2D eigenvalue weighted by atomic mass is 10.2. The topological polar surface area (TPSA) is 34.9 Å². The molecular weight excluding hydrogens is 264 g/mol. The number of carbonyl (C=O) groups is 1. The molecule has 0 aromatic carbocycles. The van der Waals surface area contributed by atoms with Gasteiger partial charge in [0.2, 0.25) is 0 Å². The molecule has 92 valence electrons. The maximum atomic E-state index is 12.1. The van der Waals surface area contributed by atoms with Gasteiger partial charge in [0.25, 0.3) is 0 Å². The molecule has 3 heterocycles. The predicted molar refractivity (Wildman–Crippen MR) is 75.6 cm³/mol. The first-order valence-electron chi connectivity index (χ1n) is 5.70. The van der Waals surface area contributed by atoms with E-state index in [9.17, 15) is 4.79 Å². The van der Waals surface area contributed by atoms with Crippen LogP contribution in [0, 0.1) is 0 Å². The van der Waals surface area contributed by atoms with Gasteiger partial charge in [-0.15, -0.1) is 22.7 Å². The standard InChI is InChI=1S/C13H12N2OS2/c1-15-6-5-14-13(15)3-2-9(16)11-8-12-10(18-11)4-7-17-12/h4-8H,2-3H2,1H3. The number of aryl methyl sites for hydroxylation is 2. The summed E-state index contributed by atoms with van der Waals surface area (Å²) in [5.74, 6) is 1.17. The Morgan fingerprint density at radius 1 is 1.44 bits per heavy atom. The number of carbonyl (C=O) groups excluding carboxylic acids is 1. The summed E-state index contributed by atoms with van der Waals surface area (Å²) < 4.78 is 4.38. The van der Waals surface area contributed by atoms with Crippen LogP contribution in [0.25, 0.3) is 9.40 Å². The van der Waals surface area contributed by atoms with Crippen LogP contribution < -0.4 is 0 Å². The zero-order chi connectivity index (χ0) is 12.5. The second-order valence-electron chi connectivity index (χ2n) is 4.14. The van der Waals surface area contributed by atoms with Gasteiger partial charge in [0.15, 0.2) is 5.78 Å². The smallest absolute Gasteiger partial charge is 0.173 e. The molecule has 0 saturated carbocycles. The number of Topliss-reactive ketones (excluding diaryl/α,β-unsaturated/α-hetero) is 1. The quantitative estimate of drug-likeness (QED) is 0.683. The molecule has 3 aromatic rings. The SMILES string of the molecule is Cn1ccnc1CCC(=O)c1cc2sccc2s1. The molecular formula is C13H12N2OS2. The van der Waals surface area contributed by atoms with Crippen LogP contribution in [0.1, 0.15) is 21.9 Å². The van der Waals surface area contributed by atoms with Gasteiger partial charge in [-0.2, -0.15) is 0 Å². The van der Waals surface area contributed by atoms with Crippen molar-refractivity contribution in [1.29, 1.82) is 0 Å². The summed E-state index contributed by atoms with van der Waals surface area (Å²) in [4.78, 5) is 17.2. The van der Waals surface area contributed by atoms with E-state index in [0.29, 0.717) is 12.8 Å². The summed E-state index contributed by atoms with van der Waals surface area (Å²) in [5, 5.41) is 2.06. The second-order valence-corrected chi connectivity index (χ2v) is 6.17. The Kier molecular flexibility index (Phi) is 3.01. The zero-order valence-electron chi connectivity index (χ0n) is 9.92. The highest BCUT2D eigenvalue weighted by Gasteiger charge is 2.12. The second kappa shape index (κ2) is 4.66. The first-order chi connectivity index (χ1) is 8.74. The van der Waals surface area contributed by atoms with Gasteiger partial charge in [0.05, 0.1) is 4.88 Å². The fourth-order valence-corrected chi connectivity index (χ4v) is 3.97. The number of imidazole rings is 1. The van der Waals surface area contributed by atoms with Gasteiger partial charge in [0.1, 0.15) is 5.82 Å². The van der Waals surface area contributed by atoms with E-state index < -0.39 is 0 Å². The van der Waals surface area contributed by atoms with Crippen molar-refractivity contribution in [3.8, 4) is 0 Å². The van der Waals surface area contributed by atoms with E-state index in [2.05, 4.69) is 16.4 Å². The number of fused-ring (bicyclic) bond motifs is 1. The zero-order valence-corrected chi connectivity index (χ0v) is 11.6. The molecule has 3 aromatic heterocycles. The summed E-state index contributed by atoms with van der Waals surface area (Å²) in [5.41, 5.74) is 0. The molecule has 0 spiro atoms. The van der Waals surface area contributed by atoms with Crippen LogP contribution in [0.4, 0.5) is 0 Å². The number of thiophene rings is 2. The Hall–Kier alpha value is -1.46. The molecule has 5 heteroatoms. The molecule has 3 nitrogen and oxygen atoms in total. The third kappa shape index (κ3) is 2.11. The Morgan fingerprint density at radius 2 is 2.33 bits per heavy atom. The fraction of sp³-hybridized carbons (Fsp3) is 0.231. The first-order valence-corrected chi connectivity index (χ1v) is 7.40. The van der Waals surface area contributed by atoms with Crippen molar-refractivity contribution >= 4 is 37.9 Å². The van der Waals surface area contributed by atoms with Gasteiger partial charge in [-0.3, -0.25) is 4.79 Å². The number of nitrogens with zero attached hydrogens (tertiary/aromatic N) is 2. The van der Waals surface area contributed by atoms with Crippen LogP contribution >= 0.6 is 22.7 Å². The number of hydrogen-bond donors (Lipinski definition) is 0. The maximum Gasteiger partial charge on any atom is 0.173 e. The molecule has 0 N–H and O–H groups in total. The van der Waals surface area contributed by atoms with Gasteiger partial charge in [-0.05, 0) is 17.5 Å². The molecule has 0 saturated heterocycles. The van der Waals surface area contributed by atoms with E-state index >= 15 is 0 Å². The molecule has 3 rings (SSSR count). The molecule has 0 radical (unpaired) electrons. The van der Waals surface area contributed by atoms with E-state index in [4.69, 9.17) is 0 Å². The van der Waals surface area contributed by atoms with E-state index in [1.807, 2.05) is 23.9 Å². The Labute approximate surface area is 113 Å². The van der Waals surface area contributed by atoms with E-state index in [1.54, 1.807) is 28.9 Å². The molecule has 18 heavy (non-hydrogen) atoms. The summed E-state index contributed by atoms with van der Waals surface area (Å²) in [6.45, 7) is 0. The van der Waals surface area contributed by atoms with Crippen molar-refractivity contribution in [2.75, 3.05) is 0 Å². The average molecular weight is 276 g/mol. The van der Waals surface area contributed by atoms with Crippen LogP contribution in [0.15, 0.2) is 29.9 Å². The lowest BCUT2D eigenvalue weighted by Crippen LogP contribution is -2.03. The third-order valence-electron chi connectivity index (χ3n) is 2.91. The Bertz CT molecular complexity index is 664. The van der Waals surface area contributed by atoms with Crippen LogP contribution in [-0.2, 0) is 13.5 Å². The highest BCUT2D eigenvalue weighted by atomic mass is 32.1. The fourth-order valence-electron chi connectivity index (χ4n) is 1.89. The van der Waals surface area contributed by atoms with Gasteiger partial charge in [0, 0.05) is 41.7 Å². The van der Waals surface area contributed by atoms with Crippen LogP contribution in [0.2, 0.25) is 0 Å². The van der Waals surface area contributed by atoms with Crippen LogP contribution in [0.5, 0.6) is 0 Å². The van der Waals surface area contributed by atoms with Crippen LogP contribution in [-0.4, -0.2) is 15.3 Å². The first kappa shape index (κ1) is 11.6. The number of ketones is 1. The van der Waals surface area contributed by atoms with Crippen molar-refractivity contribution in [2.24, 2.45) is 7.05 Å². The number of hydrogen-bond acceptors (Lipinski definition) is 4. The molecule has 0 bridgehead atoms. The summed E-state index contributed by atoms with van der Waals surface area (Å²) in [6, 6.07) is 4.08. The van der Waals surface area contributed by atoms with E-state index in [-0.39, 0.29) is 5.78 Å². The van der Waals surface area contributed by atoms with E-state index in [0.717, 1.165) is 10.7 Å². The van der Waals surface area contributed by atoms with Gasteiger partial charge < -0.3 is 4.57 Å². The Morgan fingerprint density at radius 3 is 3.06 bits per heavy atom. The maximum absolute atomic E-state index is 12.1. The summed E-state index contributed by atoms with van der Waals surface area (Å²) in [6.07, 6.45) is 4.90. The molecule has 0 atom stereocenters. The third-order valence-corrected chi connectivity index (χ3v) is 5.05.